The van der Waals surface area contributed by atoms with Gasteiger partial charge in [0.05, 0.1) is 11.4 Å². The third kappa shape index (κ3) is 7.10. The van der Waals surface area contributed by atoms with Crippen LogP contribution in [0.25, 0.3) is 0 Å². The summed E-state index contributed by atoms with van der Waals surface area (Å²) in [6, 6.07) is 8.72. The maximum Gasteiger partial charge on any atom is 0.243 e. The zero-order valence-electron chi connectivity index (χ0n) is 15.4. The predicted octanol–water partition coefficient (Wildman–Crippen LogP) is 4.15. The van der Waals surface area contributed by atoms with E-state index in [0.29, 0.717) is 18.0 Å². The van der Waals surface area contributed by atoms with Crippen molar-refractivity contribution >= 4 is 16.1 Å². The smallest absolute Gasteiger partial charge is 0.211 e. The molecule has 25 heavy (non-hydrogen) atoms. The van der Waals surface area contributed by atoms with Crippen molar-refractivity contribution in [2.45, 2.75) is 69.7 Å². The SMILES string of the molecule is CCCC(CC)N(CCCCCCN=C=O)S(=O)(=O)c1ccccc1. The number of carbonyl (C=O) groups excluding carboxylic acids is 1. The first kappa shape index (κ1) is 21.6. The van der Waals surface area contributed by atoms with Gasteiger partial charge in [-0.25, -0.2) is 18.2 Å². The van der Waals surface area contributed by atoms with Gasteiger partial charge in [-0.1, -0.05) is 51.3 Å². The highest BCUT2D eigenvalue weighted by Crippen LogP contribution is 2.23. The van der Waals surface area contributed by atoms with Gasteiger partial charge in [0.25, 0.3) is 0 Å². The molecule has 6 heteroatoms. The molecule has 0 N–H and O–H groups in total. The van der Waals surface area contributed by atoms with Crippen molar-refractivity contribution in [3.05, 3.63) is 30.3 Å². The van der Waals surface area contributed by atoms with Gasteiger partial charge in [-0.15, -0.1) is 0 Å². The van der Waals surface area contributed by atoms with Crippen LogP contribution in [0.5, 0.6) is 0 Å². The summed E-state index contributed by atoms with van der Waals surface area (Å²) in [6.45, 7) is 5.17. The van der Waals surface area contributed by atoms with Gasteiger partial charge in [0.2, 0.25) is 16.1 Å². The average molecular weight is 367 g/mol. The summed E-state index contributed by atoms with van der Waals surface area (Å²) in [5.41, 5.74) is 0. The molecule has 0 amide bonds. The summed E-state index contributed by atoms with van der Waals surface area (Å²) in [5, 5.41) is 0. The molecule has 0 aromatic heterocycles. The molecule has 0 aliphatic rings. The summed E-state index contributed by atoms with van der Waals surface area (Å²) >= 11 is 0. The highest BCUT2D eigenvalue weighted by atomic mass is 32.2. The predicted molar refractivity (Wildman–Crippen MR) is 101 cm³/mol. The van der Waals surface area contributed by atoms with Crippen molar-refractivity contribution < 1.29 is 13.2 Å². The van der Waals surface area contributed by atoms with Gasteiger partial charge in [0.1, 0.15) is 0 Å². The van der Waals surface area contributed by atoms with Gasteiger partial charge in [0, 0.05) is 12.6 Å². The van der Waals surface area contributed by atoms with E-state index in [4.69, 9.17) is 0 Å². The van der Waals surface area contributed by atoms with Gasteiger partial charge < -0.3 is 0 Å². The zero-order chi connectivity index (χ0) is 18.5. The van der Waals surface area contributed by atoms with Gasteiger partial charge in [-0.2, -0.15) is 4.31 Å². The average Bonchev–Trinajstić information content (AvgIpc) is 2.63. The fraction of sp³-hybridized carbons (Fsp3) is 0.632. The Morgan fingerprint density at radius 3 is 2.36 bits per heavy atom. The molecule has 0 heterocycles. The second-order valence-electron chi connectivity index (χ2n) is 6.17. The van der Waals surface area contributed by atoms with Crippen LogP contribution in [0.4, 0.5) is 0 Å². The standard InChI is InChI=1S/C19H30N2O3S/c1-3-12-18(4-2)21(16-11-6-5-10-15-20-17-22)25(23,24)19-13-8-7-9-14-19/h7-9,13-14,18H,3-6,10-12,15-16H2,1-2H3. The third-order valence-corrected chi connectivity index (χ3v) is 6.28. The van der Waals surface area contributed by atoms with Crippen LogP contribution in [-0.4, -0.2) is 37.9 Å². The van der Waals surface area contributed by atoms with E-state index in [1.54, 1.807) is 28.6 Å². The van der Waals surface area contributed by atoms with Crippen LogP contribution >= 0.6 is 0 Å². The molecule has 1 unspecified atom stereocenters. The molecule has 0 aliphatic heterocycles. The first-order valence-electron chi connectivity index (χ1n) is 9.18. The zero-order valence-corrected chi connectivity index (χ0v) is 16.2. The van der Waals surface area contributed by atoms with Crippen LogP contribution in [0, 0.1) is 0 Å². The number of unbranched alkanes of at least 4 members (excludes halogenated alkanes) is 3. The summed E-state index contributed by atoms with van der Waals surface area (Å²) in [4.78, 5) is 13.9. The number of benzene rings is 1. The topological polar surface area (TPSA) is 66.8 Å². The van der Waals surface area contributed by atoms with Crippen LogP contribution in [0.2, 0.25) is 0 Å². The van der Waals surface area contributed by atoms with Crippen molar-refractivity contribution in [3.63, 3.8) is 0 Å². The molecule has 0 saturated heterocycles. The second-order valence-corrected chi connectivity index (χ2v) is 8.06. The molecule has 1 atom stereocenters. The van der Waals surface area contributed by atoms with Crippen LogP contribution < -0.4 is 0 Å². The Kier molecular flexibility index (Phi) is 10.3. The maximum atomic E-state index is 13.1. The van der Waals surface area contributed by atoms with E-state index < -0.39 is 10.0 Å². The summed E-state index contributed by atoms with van der Waals surface area (Å²) in [7, 11) is -3.47. The molecule has 0 bridgehead atoms. The Balaban J connectivity index is 2.78. The first-order valence-corrected chi connectivity index (χ1v) is 10.6. The van der Waals surface area contributed by atoms with Crippen LogP contribution in [-0.2, 0) is 14.8 Å². The molecule has 140 valence electrons. The Morgan fingerprint density at radius 1 is 1.08 bits per heavy atom. The molecule has 5 nitrogen and oxygen atoms in total. The number of isocyanates is 1. The van der Waals surface area contributed by atoms with Gasteiger partial charge in [0.15, 0.2) is 0 Å². The Labute approximate surface area is 152 Å². The molecule has 0 spiro atoms. The fourth-order valence-electron chi connectivity index (χ4n) is 2.97. The van der Waals surface area contributed by atoms with Crippen molar-refractivity contribution in [2.75, 3.05) is 13.1 Å². The maximum absolute atomic E-state index is 13.1. The largest absolute Gasteiger partial charge is 0.243 e. The normalized spacial score (nSPS) is 12.8. The van der Waals surface area contributed by atoms with Crippen molar-refractivity contribution in [1.82, 2.24) is 4.31 Å². The minimum absolute atomic E-state index is 0.0369. The summed E-state index contributed by atoms with van der Waals surface area (Å²) in [6.07, 6.45) is 7.71. The Morgan fingerprint density at radius 2 is 1.76 bits per heavy atom. The van der Waals surface area contributed by atoms with E-state index in [1.807, 2.05) is 13.0 Å². The van der Waals surface area contributed by atoms with Crippen molar-refractivity contribution in [3.8, 4) is 0 Å². The van der Waals surface area contributed by atoms with Crippen LogP contribution in [0.15, 0.2) is 40.2 Å². The number of hydrogen-bond donors (Lipinski definition) is 0. The van der Waals surface area contributed by atoms with Crippen LogP contribution in [0.3, 0.4) is 0 Å². The minimum Gasteiger partial charge on any atom is -0.211 e. The molecule has 0 fully saturated rings. The fourth-order valence-corrected chi connectivity index (χ4v) is 4.76. The lowest BCUT2D eigenvalue weighted by Gasteiger charge is -2.30. The highest BCUT2D eigenvalue weighted by Gasteiger charge is 2.29. The van der Waals surface area contributed by atoms with Gasteiger partial charge in [-0.05, 0) is 37.8 Å². The molecule has 1 aromatic carbocycles. The lowest BCUT2D eigenvalue weighted by Crippen LogP contribution is -2.40. The Bertz CT molecular complexity index is 625. The molecular formula is C19H30N2O3S. The van der Waals surface area contributed by atoms with E-state index in [0.717, 1.165) is 44.9 Å². The van der Waals surface area contributed by atoms with E-state index in [9.17, 15) is 13.2 Å². The van der Waals surface area contributed by atoms with E-state index in [2.05, 4.69) is 11.9 Å². The molecular weight excluding hydrogens is 336 g/mol. The van der Waals surface area contributed by atoms with Gasteiger partial charge in [-0.3, -0.25) is 0 Å². The number of aliphatic imine (C=N–C) groups is 1. The first-order chi connectivity index (χ1) is 12.1. The lowest BCUT2D eigenvalue weighted by molar-refractivity contribution is 0.288. The molecule has 1 aromatic rings. The summed E-state index contributed by atoms with van der Waals surface area (Å²) < 4.78 is 27.9. The van der Waals surface area contributed by atoms with Crippen molar-refractivity contribution in [2.24, 2.45) is 4.99 Å². The molecule has 0 aliphatic carbocycles. The lowest BCUT2D eigenvalue weighted by atomic mass is 10.1. The summed E-state index contributed by atoms with van der Waals surface area (Å²) in [5.74, 6) is 0. The molecule has 0 radical (unpaired) electrons. The van der Waals surface area contributed by atoms with E-state index >= 15 is 0 Å². The number of nitrogens with zero attached hydrogens (tertiary/aromatic N) is 2. The van der Waals surface area contributed by atoms with Gasteiger partial charge >= 0.3 is 0 Å². The highest BCUT2D eigenvalue weighted by molar-refractivity contribution is 7.89. The van der Waals surface area contributed by atoms with Crippen molar-refractivity contribution in [1.29, 1.82) is 0 Å². The monoisotopic (exact) mass is 366 g/mol. The minimum atomic E-state index is -3.47. The molecule has 1 rings (SSSR count). The number of hydrogen-bond acceptors (Lipinski definition) is 4. The third-order valence-electron chi connectivity index (χ3n) is 4.31. The number of sulfonamides is 1. The second kappa shape index (κ2) is 12.0. The molecule has 0 saturated carbocycles. The van der Waals surface area contributed by atoms with E-state index in [-0.39, 0.29) is 6.04 Å². The van der Waals surface area contributed by atoms with E-state index in [1.165, 1.54) is 6.08 Å². The quantitative estimate of drug-likeness (QED) is 0.299. The van der Waals surface area contributed by atoms with Crippen LogP contribution in [0.1, 0.15) is 58.8 Å². The number of rotatable bonds is 13. The Hall–Kier alpha value is -1.49.